The van der Waals surface area contributed by atoms with Crippen molar-refractivity contribution in [2.24, 2.45) is 23.3 Å². The van der Waals surface area contributed by atoms with Crippen molar-refractivity contribution >= 4 is 57.6 Å². The fraction of sp³-hybridized carbons (Fsp3) is 0.429. The number of morpholine rings is 1. The van der Waals surface area contributed by atoms with Gasteiger partial charge in [0.2, 0.25) is 23.6 Å². The van der Waals surface area contributed by atoms with Crippen molar-refractivity contribution in [3.8, 4) is 22.6 Å². The number of hydrogen-bond donors (Lipinski definition) is 9. The number of carbonyl (C=O) groups is 5. The molecule has 394 valence electrons. The molecule has 18 heteroatoms. The van der Waals surface area contributed by atoms with Crippen LogP contribution in [0.2, 0.25) is 0 Å². The third kappa shape index (κ3) is 15.5. The van der Waals surface area contributed by atoms with Gasteiger partial charge < -0.3 is 62.1 Å². The molecule has 1 saturated heterocycles. The fourth-order valence-electron chi connectivity index (χ4n) is 9.83. The summed E-state index contributed by atoms with van der Waals surface area (Å²) in [6.07, 6.45) is 6.85. The predicted molar refractivity (Wildman–Crippen MR) is 287 cm³/mol. The van der Waals surface area contributed by atoms with Crippen molar-refractivity contribution in [1.82, 2.24) is 26.3 Å². The summed E-state index contributed by atoms with van der Waals surface area (Å²) in [6.45, 7) is 2.84. The summed E-state index contributed by atoms with van der Waals surface area (Å²) in [5.41, 5.74) is 17.6. The van der Waals surface area contributed by atoms with Gasteiger partial charge in [-0.2, -0.15) is 0 Å². The molecule has 74 heavy (non-hydrogen) atoms. The van der Waals surface area contributed by atoms with E-state index in [2.05, 4.69) is 36.5 Å². The number of nitrogens with zero attached hydrogens (tertiary/aromatic N) is 1. The number of para-hydroxylation sites is 1. The lowest BCUT2D eigenvalue weighted by Gasteiger charge is -2.28. The molecule has 1 aromatic heterocycles. The number of amides is 4. The molecule has 0 spiro atoms. The highest BCUT2D eigenvalue weighted by atomic mass is 16.5. The van der Waals surface area contributed by atoms with Gasteiger partial charge in [-0.15, -0.1) is 0 Å². The van der Waals surface area contributed by atoms with Crippen LogP contribution in [0.1, 0.15) is 68.9 Å². The first-order valence-electron chi connectivity index (χ1n) is 25.7. The van der Waals surface area contributed by atoms with Crippen LogP contribution in [-0.4, -0.2) is 112 Å². The fourth-order valence-corrected chi connectivity index (χ4v) is 9.83. The number of H-pyrrole nitrogens is 1. The van der Waals surface area contributed by atoms with Crippen molar-refractivity contribution in [1.29, 1.82) is 5.41 Å². The standard InChI is InChI=1S/C56H72N10O8/c1-72-44-22-23-47-46(33-44)40(34-61-47)31-39(17-24-50(67)38-8-7-9-41(57)32-38)53(69)65-49(30-36-13-15-37(16-14-36)45-10-3-4-12-51(45)73-2)55(71)64-48(11-5-6-25-60-56(58)59)54(70)62-35-52(68)63-42-18-20-43(21-19-42)66-26-28-74-29-27-66/h3-4,10,12-16,18-23,33-34,38-39,41,48-49,61H,5-9,11,17,24-32,35,57H2,1-2H3,(H,62,70)(H,63,68)(H,64,71)(H,65,69)(H4,58,59,60)/t38-,39-,41-,48-,49?/m0/s1. The third-order valence-electron chi connectivity index (χ3n) is 14.0. The van der Waals surface area contributed by atoms with E-state index >= 15 is 0 Å². The third-order valence-corrected chi connectivity index (χ3v) is 14.0. The SMILES string of the molecule is COc1ccc2[nH]cc(C[C@H](CCC(=O)[C@H]3CCC[C@H](N)C3)C(=O)NC(Cc3ccc(-c4ccccc4OC)cc3)C(=O)N[C@@H](CCCCNC(=N)N)C(=O)NCC(=O)Nc3ccc(N4CCOCC4)cc3)c2c1. The Labute approximate surface area is 432 Å². The maximum atomic E-state index is 14.9. The molecule has 5 atom stereocenters. The van der Waals surface area contributed by atoms with Crippen LogP contribution in [0.3, 0.4) is 0 Å². The van der Waals surface area contributed by atoms with E-state index in [9.17, 15) is 24.0 Å². The summed E-state index contributed by atoms with van der Waals surface area (Å²) in [7, 11) is 3.20. The van der Waals surface area contributed by atoms with Crippen molar-refractivity contribution in [2.45, 2.75) is 88.8 Å². The maximum absolute atomic E-state index is 14.9. The molecule has 0 bridgehead atoms. The molecule has 7 rings (SSSR count). The van der Waals surface area contributed by atoms with Gasteiger partial charge in [0.25, 0.3) is 0 Å². The average Bonchev–Trinajstić information content (AvgIpc) is 3.82. The number of anilines is 2. The Bertz CT molecular complexity index is 2690. The topological polar surface area (TPSA) is 268 Å². The lowest BCUT2D eigenvalue weighted by Crippen LogP contribution is -2.55. The Morgan fingerprint density at radius 1 is 0.824 bits per heavy atom. The number of unbranched alkanes of at least 4 members (excludes halogenated alkanes) is 1. The Morgan fingerprint density at radius 3 is 2.31 bits per heavy atom. The summed E-state index contributed by atoms with van der Waals surface area (Å²) in [5, 5.41) is 22.7. The zero-order valence-electron chi connectivity index (χ0n) is 42.5. The van der Waals surface area contributed by atoms with Crippen molar-refractivity contribution in [2.75, 3.05) is 63.8 Å². The van der Waals surface area contributed by atoms with Crippen LogP contribution in [0.4, 0.5) is 11.4 Å². The Morgan fingerprint density at radius 2 is 1.58 bits per heavy atom. The van der Waals surface area contributed by atoms with Crippen LogP contribution in [0.25, 0.3) is 22.0 Å². The second-order valence-electron chi connectivity index (χ2n) is 19.2. The van der Waals surface area contributed by atoms with Gasteiger partial charge in [-0.3, -0.25) is 29.4 Å². The summed E-state index contributed by atoms with van der Waals surface area (Å²) < 4.78 is 16.6. The van der Waals surface area contributed by atoms with Crippen molar-refractivity contribution in [3.05, 3.63) is 108 Å². The second-order valence-corrected chi connectivity index (χ2v) is 19.2. The van der Waals surface area contributed by atoms with Gasteiger partial charge in [-0.25, -0.2) is 0 Å². The first-order valence-corrected chi connectivity index (χ1v) is 25.7. The van der Waals surface area contributed by atoms with E-state index in [0.29, 0.717) is 56.2 Å². The van der Waals surface area contributed by atoms with Gasteiger partial charge >= 0.3 is 0 Å². The highest BCUT2D eigenvalue weighted by Crippen LogP contribution is 2.32. The molecule has 0 radical (unpaired) electrons. The van der Waals surface area contributed by atoms with Crippen molar-refractivity contribution < 1.29 is 38.2 Å². The molecule has 18 nitrogen and oxygen atoms in total. The van der Waals surface area contributed by atoms with Crippen molar-refractivity contribution in [3.63, 3.8) is 0 Å². The number of methoxy groups -OCH3 is 2. The normalized spacial score (nSPS) is 16.8. The molecular formula is C56H72N10O8. The van der Waals surface area contributed by atoms with Crippen LogP contribution >= 0.6 is 0 Å². The number of hydrogen-bond acceptors (Lipinski definition) is 11. The smallest absolute Gasteiger partial charge is 0.243 e. The van der Waals surface area contributed by atoms with Crippen LogP contribution in [0.5, 0.6) is 11.5 Å². The molecule has 11 N–H and O–H groups in total. The van der Waals surface area contributed by atoms with E-state index in [1.165, 1.54) is 0 Å². The number of fused-ring (bicyclic) bond motifs is 1. The number of nitrogens with one attached hydrogen (secondary N) is 7. The van der Waals surface area contributed by atoms with E-state index in [4.69, 9.17) is 31.1 Å². The van der Waals surface area contributed by atoms with Gasteiger partial charge in [0.05, 0.1) is 34.0 Å². The van der Waals surface area contributed by atoms with E-state index in [1.807, 2.05) is 85.1 Å². The van der Waals surface area contributed by atoms with Crippen LogP contribution < -0.4 is 52.4 Å². The number of carbonyl (C=O) groups excluding carboxylic acids is 5. The summed E-state index contributed by atoms with van der Waals surface area (Å²) >= 11 is 0. The van der Waals surface area contributed by atoms with Gasteiger partial charge in [-0.05, 0) is 117 Å². The molecule has 1 aliphatic heterocycles. The first-order chi connectivity index (χ1) is 35.9. The molecule has 2 aliphatic rings. The number of aromatic nitrogens is 1. The summed E-state index contributed by atoms with van der Waals surface area (Å²) in [6, 6.07) is 26.1. The molecule has 2 heterocycles. The lowest BCUT2D eigenvalue weighted by molar-refractivity contribution is -0.134. The average molecular weight is 1010 g/mol. The lowest BCUT2D eigenvalue weighted by atomic mass is 9.81. The second kappa shape index (κ2) is 27.0. The zero-order chi connectivity index (χ0) is 52.4. The summed E-state index contributed by atoms with van der Waals surface area (Å²) in [5.74, 6) is -1.74. The largest absolute Gasteiger partial charge is 0.497 e. The zero-order valence-corrected chi connectivity index (χ0v) is 42.5. The monoisotopic (exact) mass is 1010 g/mol. The minimum Gasteiger partial charge on any atom is -0.497 e. The molecule has 4 amide bonds. The Kier molecular flexibility index (Phi) is 19.8. The number of rotatable bonds is 25. The van der Waals surface area contributed by atoms with Crippen LogP contribution in [-0.2, 0) is 41.6 Å². The van der Waals surface area contributed by atoms with E-state index in [0.717, 1.165) is 71.2 Å². The Hall–Kier alpha value is -7.44. The number of nitrogens with two attached hydrogens (primary N) is 2. The summed E-state index contributed by atoms with van der Waals surface area (Å²) in [4.78, 5) is 76.2. The van der Waals surface area contributed by atoms with Gasteiger partial charge in [-0.1, -0.05) is 48.9 Å². The van der Waals surface area contributed by atoms with Gasteiger partial charge in [0.15, 0.2) is 5.96 Å². The number of Topliss-reactive ketones (excluding diaryl/α,β-unsaturated/α-hetero) is 1. The number of ether oxygens (including phenoxy) is 3. The molecule has 1 aliphatic carbocycles. The quantitative estimate of drug-likeness (QED) is 0.0204. The molecule has 5 aromatic rings. The van der Waals surface area contributed by atoms with Crippen LogP contribution in [0.15, 0.2) is 97.2 Å². The number of ketones is 1. The highest BCUT2D eigenvalue weighted by molar-refractivity contribution is 5.97. The predicted octanol–water partition coefficient (Wildman–Crippen LogP) is 5.33. The Balaban J connectivity index is 1.12. The minimum atomic E-state index is -1.17. The van der Waals surface area contributed by atoms with E-state index < -0.39 is 41.6 Å². The van der Waals surface area contributed by atoms with Crippen LogP contribution in [0, 0.1) is 17.2 Å². The van der Waals surface area contributed by atoms with Gasteiger partial charge in [0, 0.05) is 84.4 Å². The molecule has 2 fully saturated rings. The number of benzene rings is 4. The molecular weight excluding hydrogens is 941 g/mol. The highest BCUT2D eigenvalue weighted by Gasteiger charge is 2.32. The maximum Gasteiger partial charge on any atom is 0.243 e. The van der Waals surface area contributed by atoms with E-state index in [-0.39, 0.29) is 62.4 Å². The number of aromatic amines is 1. The number of guanidine groups is 1. The van der Waals surface area contributed by atoms with E-state index in [1.54, 1.807) is 26.4 Å². The first kappa shape index (κ1) is 54.3. The minimum absolute atomic E-state index is 0.0367. The van der Waals surface area contributed by atoms with Gasteiger partial charge in [0.1, 0.15) is 29.4 Å². The molecule has 1 unspecified atom stereocenters. The molecule has 4 aromatic carbocycles. The molecule has 1 saturated carbocycles.